The quantitative estimate of drug-likeness (QED) is 0.619. The van der Waals surface area contributed by atoms with Gasteiger partial charge in [-0.05, 0) is 42.3 Å². The molecular formula is C24H26N2O5. The minimum Gasteiger partial charge on any atom is -0.497 e. The Labute approximate surface area is 181 Å². The Bertz CT molecular complexity index is 1090. The third-order valence-electron chi connectivity index (χ3n) is 5.76. The molecule has 0 radical (unpaired) electrons. The highest BCUT2D eigenvalue weighted by Crippen LogP contribution is 2.40. The molecule has 31 heavy (non-hydrogen) atoms. The van der Waals surface area contributed by atoms with Crippen molar-refractivity contribution in [2.45, 2.75) is 13.0 Å². The molecule has 7 heteroatoms. The highest BCUT2D eigenvalue weighted by molar-refractivity contribution is 5.87. The molecule has 2 aliphatic rings. The molecule has 3 aromatic rings. The molecule has 5 rings (SSSR count). The molecule has 1 aromatic heterocycles. The Morgan fingerprint density at radius 1 is 0.968 bits per heavy atom. The summed E-state index contributed by atoms with van der Waals surface area (Å²) in [5.74, 6) is 3.00. The van der Waals surface area contributed by atoms with Crippen LogP contribution in [0, 0.1) is 0 Å². The third-order valence-corrected chi connectivity index (χ3v) is 5.76. The van der Waals surface area contributed by atoms with Crippen LogP contribution in [-0.4, -0.2) is 57.2 Å². The minimum absolute atomic E-state index is 0.239. The lowest BCUT2D eigenvalue weighted by Crippen LogP contribution is -2.26. The molecule has 1 fully saturated rings. The van der Waals surface area contributed by atoms with Crippen LogP contribution in [0.3, 0.4) is 0 Å². The Hall–Kier alpha value is -3.03. The summed E-state index contributed by atoms with van der Waals surface area (Å²) in [6.45, 7) is 4.46. The van der Waals surface area contributed by atoms with Crippen LogP contribution in [0.15, 0.2) is 36.4 Å². The summed E-state index contributed by atoms with van der Waals surface area (Å²) < 4.78 is 28.0. The number of nitrogens with zero attached hydrogens (tertiary/aromatic N) is 2. The average molecular weight is 422 g/mol. The minimum atomic E-state index is 0.239. The second-order valence-electron chi connectivity index (χ2n) is 7.70. The fraction of sp³-hybridized carbons (Fsp3) is 0.375. The van der Waals surface area contributed by atoms with Crippen molar-refractivity contribution in [3.63, 3.8) is 0 Å². The van der Waals surface area contributed by atoms with Crippen LogP contribution >= 0.6 is 0 Å². The molecule has 0 saturated carbocycles. The number of rotatable bonds is 5. The molecule has 162 valence electrons. The van der Waals surface area contributed by atoms with Crippen molar-refractivity contribution in [1.29, 1.82) is 0 Å². The van der Waals surface area contributed by atoms with Gasteiger partial charge < -0.3 is 23.7 Å². The van der Waals surface area contributed by atoms with Crippen LogP contribution in [0.25, 0.3) is 22.2 Å². The summed E-state index contributed by atoms with van der Waals surface area (Å²) in [5, 5.41) is 1.02. The van der Waals surface area contributed by atoms with Crippen LogP contribution in [-0.2, 0) is 11.3 Å². The number of aromatic nitrogens is 1. The summed E-state index contributed by atoms with van der Waals surface area (Å²) in [7, 11) is 3.34. The molecule has 0 amide bonds. The largest absolute Gasteiger partial charge is 0.497 e. The fourth-order valence-corrected chi connectivity index (χ4v) is 4.16. The van der Waals surface area contributed by atoms with Gasteiger partial charge in [0.1, 0.15) is 11.5 Å². The van der Waals surface area contributed by atoms with Crippen LogP contribution in [0.1, 0.15) is 12.0 Å². The zero-order valence-electron chi connectivity index (χ0n) is 17.8. The first kappa shape index (κ1) is 19.9. The van der Waals surface area contributed by atoms with Crippen molar-refractivity contribution in [3.8, 4) is 34.3 Å². The first-order valence-electron chi connectivity index (χ1n) is 10.5. The number of fused-ring (bicyclic) bond motifs is 2. The van der Waals surface area contributed by atoms with Crippen LogP contribution in [0.2, 0.25) is 0 Å². The number of benzene rings is 2. The molecule has 0 spiro atoms. The topological polar surface area (TPSA) is 62.3 Å². The number of pyridine rings is 1. The molecular weight excluding hydrogens is 396 g/mol. The lowest BCUT2D eigenvalue weighted by molar-refractivity contribution is 0.140. The summed E-state index contributed by atoms with van der Waals surface area (Å²) in [6.07, 6.45) is 1.03. The van der Waals surface area contributed by atoms with Gasteiger partial charge in [-0.1, -0.05) is 0 Å². The smallest absolute Gasteiger partial charge is 0.231 e. The first-order chi connectivity index (χ1) is 15.2. The van der Waals surface area contributed by atoms with E-state index in [4.69, 9.17) is 28.7 Å². The predicted octanol–water partition coefficient (Wildman–Crippen LogP) is 3.87. The normalized spacial score (nSPS) is 16.3. The predicted molar refractivity (Wildman–Crippen MR) is 117 cm³/mol. The summed E-state index contributed by atoms with van der Waals surface area (Å²) >= 11 is 0. The van der Waals surface area contributed by atoms with Crippen molar-refractivity contribution in [2.75, 3.05) is 47.3 Å². The van der Waals surface area contributed by atoms with Crippen molar-refractivity contribution < 1.29 is 23.7 Å². The molecule has 0 N–H and O–H groups in total. The van der Waals surface area contributed by atoms with Gasteiger partial charge in [-0.25, -0.2) is 4.98 Å². The van der Waals surface area contributed by atoms with E-state index in [0.717, 1.165) is 90.0 Å². The first-order valence-corrected chi connectivity index (χ1v) is 10.5. The van der Waals surface area contributed by atoms with Gasteiger partial charge in [-0.3, -0.25) is 4.90 Å². The van der Waals surface area contributed by atoms with E-state index < -0.39 is 0 Å². The van der Waals surface area contributed by atoms with Crippen LogP contribution < -0.4 is 18.9 Å². The maximum Gasteiger partial charge on any atom is 0.231 e. The van der Waals surface area contributed by atoms with Crippen molar-refractivity contribution in [1.82, 2.24) is 9.88 Å². The van der Waals surface area contributed by atoms with Gasteiger partial charge in [0.2, 0.25) is 6.79 Å². The molecule has 2 aliphatic heterocycles. The molecule has 0 atom stereocenters. The Balaban J connectivity index is 1.66. The van der Waals surface area contributed by atoms with Gasteiger partial charge in [-0.2, -0.15) is 0 Å². The van der Waals surface area contributed by atoms with Crippen molar-refractivity contribution in [2.24, 2.45) is 0 Å². The van der Waals surface area contributed by atoms with Crippen LogP contribution in [0.4, 0.5) is 0 Å². The van der Waals surface area contributed by atoms with Gasteiger partial charge in [-0.15, -0.1) is 0 Å². The molecule has 1 saturated heterocycles. The molecule has 7 nitrogen and oxygen atoms in total. The van der Waals surface area contributed by atoms with E-state index in [0.29, 0.717) is 0 Å². The Morgan fingerprint density at radius 2 is 1.84 bits per heavy atom. The van der Waals surface area contributed by atoms with E-state index in [-0.39, 0.29) is 6.79 Å². The lowest BCUT2D eigenvalue weighted by atomic mass is 10.0. The molecule has 3 heterocycles. The van der Waals surface area contributed by atoms with Crippen molar-refractivity contribution >= 4 is 10.9 Å². The van der Waals surface area contributed by atoms with Gasteiger partial charge in [0.25, 0.3) is 0 Å². The van der Waals surface area contributed by atoms with E-state index >= 15 is 0 Å². The van der Waals surface area contributed by atoms with E-state index in [1.165, 1.54) is 0 Å². The van der Waals surface area contributed by atoms with E-state index in [2.05, 4.69) is 11.0 Å². The van der Waals surface area contributed by atoms with Gasteiger partial charge in [0, 0.05) is 43.3 Å². The zero-order valence-corrected chi connectivity index (χ0v) is 17.8. The third kappa shape index (κ3) is 3.98. The monoisotopic (exact) mass is 422 g/mol. The van der Waals surface area contributed by atoms with E-state index in [1.54, 1.807) is 14.2 Å². The maximum absolute atomic E-state index is 5.68. The van der Waals surface area contributed by atoms with E-state index in [9.17, 15) is 0 Å². The number of hydrogen-bond acceptors (Lipinski definition) is 7. The fourth-order valence-electron chi connectivity index (χ4n) is 4.16. The maximum atomic E-state index is 5.68. The summed E-state index contributed by atoms with van der Waals surface area (Å²) in [6, 6.07) is 11.9. The lowest BCUT2D eigenvalue weighted by Gasteiger charge is -2.22. The van der Waals surface area contributed by atoms with Crippen LogP contribution in [0.5, 0.6) is 23.0 Å². The number of ether oxygens (including phenoxy) is 5. The second kappa shape index (κ2) is 8.61. The number of methoxy groups -OCH3 is 2. The van der Waals surface area contributed by atoms with E-state index in [1.807, 2.05) is 30.3 Å². The second-order valence-corrected chi connectivity index (χ2v) is 7.70. The average Bonchev–Trinajstić information content (AvgIpc) is 3.10. The highest BCUT2D eigenvalue weighted by atomic mass is 16.7. The summed E-state index contributed by atoms with van der Waals surface area (Å²) in [4.78, 5) is 7.48. The van der Waals surface area contributed by atoms with Gasteiger partial charge in [0.15, 0.2) is 11.5 Å². The molecule has 0 aliphatic carbocycles. The Kier molecular flexibility index (Phi) is 5.53. The molecule has 2 aromatic carbocycles. The van der Waals surface area contributed by atoms with Crippen molar-refractivity contribution in [3.05, 3.63) is 42.0 Å². The van der Waals surface area contributed by atoms with Gasteiger partial charge in [0.05, 0.1) is 32.0 Å². The SMILES string of the molecule is COc1ccc(OC)c(-c2nc3cc4c(cc3cc2CN2CCCOCC2)OCO4)c1. The van der Waals surface area contributed by atoms with Gasteiger partial charge >= 0.3 is 0 Å². The number of hydrogen-bond donors (Lipinski definition) is 0. The Morgan fingerprint density at radius 3 is 2.68 bits per heavy atom. The standard InChI is InChI=1S/C24H26N2O5/c1-27-18-4-5-21(28-2)19(12-18)24-17(14-26-6-3-8-29-9-7-26)10-16-11-22-23(31-15-30-22)13-20(16)25-24/h4-5,10-13H,3,6-9,14-15H2,1-2H3. The zero-order chi connectivity index (χ0) is 21.2. The summed E-state index contributed by atoms with van der Waals surface area (Å²) in [5.41, 5.74) is 3.77. The highest BCUT2D eigenvalue weighted by Gasteiger charge is 2.21. The molecule has 0 bridgehead atoms. The molecule has 0 unspecified atom stereocenters.